The summed E-state index contributed by atoms with van der Waals surface area (Å²) >= 11 is 0. The molecule has 2 aliphatic rings. The molecule has 2 rings (SSSR count). The van der Waals surface area contributed by atoms with Gasteiger partial charge in [0.1, 0.15) is 0 Å². The van der Waals surface area contributed by atoms with Crippen molar-refractivity contribution in [2.75, 3.05) is 32.7 Å². The molecule has 2 amide bonds. The minimum absolute atomic E-state index is 0.0459. The van der Waals surface area contributed by atoms with Gasteiger partial charge in [-0.25, -0.2) is 0 Å². The van der Waals surface area contributed by atoms with Crippen molar-refractivity contribution in [3.63, 3.8) is 0 Å². The molecule has 0 aromatic heterocycles. The Hall–Kier alpha value is -1.36. The lowest BCUT2D eigenvalue weighted by atomic mass is 10.0. The molecule has 5 heteroatoms. The fourth-order valence-corrected chi connectivity index (χ4v) is 3.05. The highest BCUT2D eigenvalue weighted by Gasteiger charge is 2.29. The zero-order valence-corrected chi connectivity index (χ0v) is 12.1. The minimum atomic E-state index is 0.0459. The second-order valence-electron chi connectivity index (χ2n) is 5.66. The fourth-order valence-electron chi connectivity index (χ4n) is 3.05. The number of rotatable bonds is 6. The Morgan fingerprint density at radius 1 is 1.35 bits per heavy atom. The predicted molar refractivity (Wildman–Crippen MR) is 78.2 cm³/mol. The van der Waals surface area contributed by atoms with Gasteiger partial charge < -0.3 is 10.2 Å². The molecule has 1 N–H and O–H groups in total. The Bertz CT molecular complexity index is 370. The van der Waals surface area contributed by atoms with Crippen LogP contribution in [0, 0.1) is 0 Å². The molecule has 0 aromatic carbocycles. The largest absolute Gasteiger partial charge is 0.352 e. The van der Waals surface area contributed by atoms with Crippen LogP contribution in [0.4, 0.5) is 0 Å². The Kier molecular flexibility index (Phi) is 5.59. The molecule has 1 unspecified atom stereocenters. The van der Waals surface area contributed by atoms with Crippen LogP contribution in [0.3, 0.4) is 0 Å². The van der Waals surface area contributed by atoms with Crippen molar-refractivity contribution in [1.82, 2.24) is 15.1 Å². The molecule has 1 atom stereocenters. The van der Waals surface area contributed by atoms with Crippen LogP contribution in [-0.4, -0.2) is 60.4 Å². The SMILES string of the molecule is C=CCNC(=O)CN1CCCCC1CN1CCCC1=O. The maximum atomic E-state index is 11.8. The van der Waals surface area contributed by atoms with Crippen LogP contribution in [0.15, 0.2) is 12.7 Å². The van der Waals surface area contributed by atoms with Gasteiger partial charge in [-0.1, -0.05) is 12.5 Å². The summed E-state index contributed by atoms with van der Waals surface area (Å²) < 4.78 is 0. The van der Waals surface area contributed by atoms with Crippen molar-refractivity contribution < 1.29 is 9.59 Å². The van der Waals surface area contributed by atoms with E-state index >= 15 is 0 Å². The summed E-state index contributed by atoms with van der Waals surface area (Å²) in [6.07, 6.45) is 6.77. The number of piperidine rings is 1. The average Bonchev–Trinajstić information content (AvgIpc) is 2.84. The first-order valence-electron chi connectivity index (χ1n) is 7.60. The average molecular weight is 279 g/mol. The molecule has 2 fully saturated rings. The molecule has 2 saturated heterocycles. The molecule has 0 aromatic rings. The van der Waals surface area contributed by atoms with E-state index in [9.17, 15) is 9.59 Å². The van der Waals surface area contributed by atoms with E-state index in [2.05, 4.69) is 16.8 Å². The third-order valence-corrected chi connectivity index (χ3v) is 4.14. The van der Waals surface area contributed by atoms with E-state index in [0.29, 0.717) is 25.6 Å². The number of hydrogen-bond acceptors (Lipinski definition) is 3. The summed E-state index contributed by atoms with van der Waals surface area (Å²) in [5.74, 6) is 0.316. The van der Waals surface area contributed by atoms with Crippen LogP contribution in [0.2, 0.25) is 0 Å². The van der Waals surface area contributed by atoms with Crippen LogP contribution in [-0.2, 0) is 9.59 Å². The third-order valence-electron chi connectivity index (χ3n) is 4.14. The molecule has 0 bridgehead atoms. The quantitative estimate of drug-likeness (QED) is 0.731. The summed E-state index contributed by atoms with van der Waals surface area (Å²) in [7, 11) is 0. The van der Waals surface area contributed by atoms with Crippen molar-refractivity contribution >= 4 is 11.8 Å². The van der Waals surface area contributed by atoms with Crippen LogP contribution < -0.4 is 5.32 Å². The van der Waals surface area contributed by atoms with E-state index in [1.54, 1.807) is 6.08 Å². The van der Waals surface area contributed by atoms with Gasteiger partial charge in [-0.05, 0) is 25.8 Å². The maximum absolute atomic E-state index is 11.8. The van der Waals surface area contributed by atoms with Gasteiger partial charge in [0.25, 0.3) is 0 Å². The first-order chi connectivity index (χ1) is 9.70. The summed E-state index contributed by atoms with van der Waals surface area (Å²) in [6.45, 7) is 7.16. The number of nitrogens with zero attached hydrogens (tertiary/aromatic N) is 2. The van der Waals surface area contributed by atoms with E-state index < -0.39 is 0 Å². The molecule has 0 aliphatic carbocycles. The van der Waals surface area contributed by atoms with Gasteiger partial charge in [0.2, 0.25) is 11.8 Å². The monoisotopic (exact) mass is 279 g/mol. The van der Waals surface area contributed by atoms with E-state index in [1.165, 1.54) is 6.42 Å². The zero-order chi connectivity index (χ0) is 14.4. The van der Waals surface area contributed by atoms with Gasteiger partial charge in [0, 0.05) is 32.1 Å². The van der Waals surface area contributed by atoms with Gasteiger partial charge in [-0.3, -0.25) is 14.5 Å². The second-order valence-corrected chi connectivity index (χ2v) is 5.66. The molecule has 0 spiro atoms. The smallest absolute Gasteiger partial charge is 0.234 e. The van der Waals surface area contributed by atoms with Gasteiger partial charge in [0.15, 0.2) is 0 Å². The second kappa shape index (κ2) is 7.43. The Morgan fingerprint density at radius 3 is 2.90 bits per heavy atom. The highest BCUT2D eigenvalue weighted by molar-refractivity contribution is 5.78. The fraction of sp³-hybridized carbons (Fsp3) is 0.733. The number of nitrogens with one attached hydrogen (secondary N) is 1. The summed E-state index contributed by atoms with van der Waals surface area (Å²) in [6, 6.07) is 0.334. The Labute approximate surface area is 121 Å². The number of likely N-dealkylation sites (tertiary alicyclic amines) is 2. The summed E-state index contributed by atoms with van der Waals surface area (Å²) in [5, 5.41) is 2.82. The highest BCUT2D eigenvalue weighted by Crippen LogP contribution is 2.20. The zero-order valence-electron chi connectivity index (χ0n) is 12.1. The number of carbonyl (C=O) groups is 2. The molecule has 0 radical (unpaired) electrons. The molecule has 0 saturated carbocycles. The van der Waals surface area contributed by atoms with Crippen molar-refractivity contribution in [2.24, 2.45) is 0 Å². The van der Waals surface area contributed by atoms with Crippen molar-refractivity contribution in [3.05, 3.63) is 12.7 Å². The van der Waals surface area contributed by atoms with E-state index in [1.807, 2.05) is 4.90 Å². The molecule has 2 aliphatic heterocycles. The van der Waals surface area contributed by atoms with Gasteiger partial charge >= 0.3 is 0 Å². The highest BCUT2D eigenvalue weighted by atomic mass is 16.2. The van der Waals surface area contributed by atoms with Crippen molar-refractivity contribution in [3.8, 4) is 0 Å². The summed E-state index contributed by atoms with van der Waals surface area (Å²) in [5.41, 5.74) is 0. The summed E-state index contributed by atoms with van der Waals surface area (Å²) in [4.78, 5) is 27.8. The molecule has 112 valence electrons. The van der Waals surface area contributed by atoms with Gasteiger partial charge in [-0.15, -0.1) is 6.58 Å². The lowest BCUT2D eigenvalue weighted by Crippen LogP contribution is -2.50. The molecule has 5 nitrogen and oxygen atoms in total. The van der Waals surface area contributed by atoms with E-state index in [0.717, 1.165) is 38.9 Å². The third kappa shape index (κ3) is 4.07. The van der Waals surface area contributed by atoms with E-state index in [4.69, 9.17) is 0 Å². The van der Waals surface area contributed by atoms with Crippen LogP contribution in [0.5, 0.6) is 0 Å². The first-order valence-corrected chi connectivity index (χ1v) is 7.60. The first kappa shape index (κ1) is 15.0. The van der Waals surface area contributed by atoms with Crippen molar-refractivity contribution in [2.45, 2.75) is 38.1 Å². The maximum Gasteiger partial charge on any atom is 0.234 e. The Morgan fingerprint density at radius 2 is 2.20 bits per heavy atom. The standard InChI is InChI=1S/C15H25N3O2/c1-2-8-16-14(19)12-17-9-4-3-6-13(17)11-18-10-5-7-15(18)20/h2,13H,1,3-12H2,(H,16,19). The van der Waals surface area contributed by atoms with Crippen LogP contribution >= 0.6 is 0 Å². The minimum Gasteiger partial charge on any atom is -0.352 e. The van der Waals surface area contributed by atoms with Gasteiger partial charge in [0.05, 0.1) is 6.54 Å². The molecular formula is C15H25N3O2. The molecular weight excluding hydrogens is 254 g/mol. The van der Waals surface area contributed by atoms with Crippen LogP contribution in [0.1, 0.15) is 32.1 Å². The lowest BCUT2D eigenvalue weighted by Gasteiger charge is -2.37. The number of amides is 2. The van der Waals surface area contributed by atoms with Crippen molar-refractivity contribution in [1.29, 1.82) is 0 Å². The molecule has 20 heavy (non-hydrogen) atoms. The Balaban J connectivity index is 1.86. The topological polar surface area (TPSA) is 52.7 Å². The predicted octanol–water partition coefficient (Wildman–Crippen LogP) is 0.765. The number of hydrogen-bond donors (Lipinski definition) is 1. The number of carbonyl (C=O) groups excluding carboxylic acids is 2. The normalized spacial score (nSPS) is 23.9. The van der Waals surface area contributed by atoms with E-state index in [-0.39, 0.29) is 11.8 Å². The van der Waals surface area contributed by atoms with Crippen LogP contribution in [0.25, 0.3) is 0 Å². The molecule has 2 heterocycles. The lowest BCUT2D eigenvalue weighted by molar-refractivity contribution is -0.128. The van der Waals surface area contributed by atoms with Gasteiger partial charge in [-0.2, -0.15) is 0 Å².